The zero-order valence-corrected chi connectivity index (χ0v) is 10.5. The molecule has 1 N–H and O–H groups in total. The number of nitrogens with one attached hydrogen (secondary N) is 1. The van der Waals surface area contributed by atoms with Crippen molar-refractivity contribution in [2.24, 2.45) is 5.92 Å². The van der Waals surface area contributed by atoms with Gasteiger partial charge in [-0.15, -0.1) is 0 Å². The molecule has 2 saturated heterocycles. The molecule has 0 saturated carbocycles. The minimum absolute atomic E-state index is 0.138. The molecule has 2 fully saturated rings. The maximum atomic E-state index is 12.2. The van der Waals surface area contributed by atoms with Gasteiger partial charge in [-0.2, -0.15) is 0 Å². The van der Waals surface area contributed by atoms with Gasteiger partial charge in [0.05, 0.1) is 7.11 Å². The van der Waals surface area contributed by atoms with Gasteiger partial charge in [0.1, 0.15) is 0 Å². The quantitative estimate of drug-likeness (QED) is 0.522. The molecule has 18 heavy (non-hydrogen) atoms. The van der Waals surface area contributed by atoms with Crippen LogP contribution in [0, 0.1) is 5.92 Å². The Hall–Kier alpha value is -1.43. The van der Waals surface area contributed by atoms with Crippen LogP contribution in [0.15, 0.2) is 0 Å². The van der Waals surface area contributed by atoms with Crippen LogP contribution in [0.2, 0.25) is 0 Å². The highest BCUT2D eigenvalue weighted by atomic mass is 16.5. The summed E-state index contributed by atoms with van der Waals surface area (Å²) in [7, 11) is 1.20. The van der Waals surface area contributed by atoms with Crippen LogP contribution in [0.5, 0.6) is 0 Å². The van der Waals surface area contributed by atoms with Crippen LogP contribution in [-0.2, 0) is 19.1 Å². The lowest BCUT2D eigenvalue weighted by atomic mass is 9.92. The summed E-state index contributed by atoms with van der Waals surface area (Å²) in [6, 6.07) is 0.138. The molecule has 6 nitrogen and oxygen atoms in total. The van der Waals surface area contributed by atoms with E-state index in [0.29, 0.717) is 6.54 Å². The van der Waals surface area contributed by atoms with Gasteiger partial charge in [-0.05, 0) is 25.9 Å². The van der Waals surface area contributed by atoms with Crippen molar-refractivity contribution in [1.29, 1.82) is 0 Å². The molecule has 2 aliphatic rings. The predicted molar refractivity (Wildman–Crippen MR) is 62.7 cm³/mol. The molecule has 0 aromatic rings. The Morgan fingerprint density at radius 2 is 2.00 bits per heavy atom. The molecule has 0 spiro atoms. The van der Waals surface area contributed by atoms with E-state index in [1.165, 1.54) is 7.11 Å². The molecule has 1 unspecified atom stereocenters. The highest BCUT2D eigenvalue weighted by Gasteiger charge is 2.43. The van der Waals surface area contributed by atoms with Crippen molar-refractivity contribution in [3.8, 4) is 0 Å². The molecule has 0 radical (unpaired) electrons. The van der Waals surface area contributed by atoms with Crippen molar-refractivity contribution < 1.29 is 19.1 Å². The van der Waals surface area contributed by atoms with E-state index in [9.17, 15) is 14.4 Å². The second-order valence-corrected chi connectivity index (χ2v) is 4.69. The first-order valence-corrected chi connectivity index (χ1v) is 6.27. The molecule has 0 aromatic heterocycles. The van der Waals surface area contributed by atoms with E-state index in [1.807, 2.05) is 0 Å². The largest absolute Gasteiger partial charge is 0.468 e. The van der Waals surface area contributed by atoms with E-state index in [2.05, 4.69) is 10.1 Å². The molecule has 6 heteroatoms. The molecule has 1 atom stereocenters. The standard InChI is InChI=1S/C12H18N2O4/c1-18-12(17)10-9(15)4-7-14(11(10)16)8-2-5-13-6-3-8/h8,10,13H,2-7H2,1H3. The first-order chi connectivity index (χ1) is 8.65. The second kappa shape index (κ2) is 5.48. The molecular formula is C12H18N2O4. The van der Waals surface area contributed by atoms with Crippen molar-refractivity contribution in [2.75, 3.05) is 26.7 Å². The average Bonchev–Trinajstić information content (AvgIpc) is 2.39. The second-order valence-electron chi connectivity index (χ2n) is 4.69. The highest BCUT2D eigenvalue weighted by molar-refractivity contribution is 6.17. The number of methoxy groups -OCH3 is 1. The minimum Gasteiger partial charge on any atom is -0.468 e. The van der Waals surface area contributed by atoms with E-state index in [4.69, 9.17) is 0 Å². The van der Waals surface area contributed by atoms with Crippen molar-refractivity contribution in [3.63, 3.8) is 0 Å². The molecule has 100 valence electrons. The average molecular weight is 254 g/mol. The Morgan fingerprint density at radius 1 is 1.33 bits per heavy atom. The maximum Gasteiger partial charge on any atom is 0.325 e. The fourth-order valence-electron chi connectivity index (χ4n) is 2.62. The van der Waals surface area contributed by atoms with Crippen LogP contribution in [0.4, 0.5) is 0 Å². The van der Waals surface area contributed by atoms with Gasteiger partial charge >= 0.3 is 5.97 Å². The molecular weight excluding hydrogens is 236 g/mol. The monoisotopic (exact) mass is 254 g/mol. The Balaban J connectivity index is 2.11. The summed E-state index contributed by atoms with van der Waals surface area (Å²) in [5.41, 5.74) is 0. The molecule has 1 amide bonds. The van der Waals surface area contributed by atoms with E-state index in [1.54, 1.807) is 4.90 Å². The SMILES string of the molecule is COC(=O)C1C(=O)CCN(C2CCNCC2)C1=O. The number of nitrogens with zero attached hydrogens (tertiary/aromatic N) is 1. The first-order valence-electron chi connectivity index (χ1n) is 6.27. The first kappa shape index (κ1) is 13.0. The number of Topliss-reactive ketones (excluding diaryl/α,β-unsaturated/α-hetero) is 1. The van der Waals surface area contributed by atoms with Crippen LogP contribution < -0.4 is 5.32 Å². The molecule has 2 aliphatic heterocycles. The molecule has 0 aliphatic carbocycles. The van der Waals surface area contributed by atoms with Crippen molar-refractivity contribution >= 4 is 17.7 Å². The molecule has 0 aromatic carbocycles. The summed E-state index contributed by atoms with van der Waals surface area (Å²) in [6.45, 7) is 2.16. The van der Waals surface area contributed by atoms with Gasteiger partial charge in [-0.3, -0.25) is 14.4 Å². The summed E-state index contributed by atoms with van der Waals surface area (Å²) >= 11 is 0. The van der Waals surface area contributed by atoms with Crippen LogP contribution in [0.1, 0.15) is 19.3 Å². The Bertz CT molecular complexity index is 355. The van der Waals surface area contributed by atoms with E-state index < -0.39 is 11.9 Å². The molecule has 2 rings (SSSR count). The normalized spacial score (nSPS) is 26.3. The van der Waals surface area contributed by atoms with Crippen LogP contribution in [0.25, 0.3) is 0 Å². The Labute approximate surface area is 106 Å². The van der Waals surface area contributed by atoms with Gasteiger partial charge in [-0.1, -0.05) is 0 Å². The number of carbonyl (C=O) groups excluding carboxylic acids is 3. The number of likely N-dealkylation sites (tertiary alicyclic amines) is 1. The minimum atomic E-state index is -1.24. The fraction of sp³-hybridized carbons (Fsp3) is 0.750. The number of hydrogen-bond acceptors (Lipinski definition) is 5. The number of esters is 1. The number of ether oxygens (including phenoxy) is 1. The van der Waals surface area contributed by atoms with E-state index >= 15 is 0 Å². The van der Waals surface area contributed by atoms with Crippen molar-refractivity contribution in [2.45, 2.75) is 25.3 Å². The van der Waals surface area contributed by atoms with Gasteiger partial charge in [-0.25, -0.2) is 0 Å². The highest BCUT2D eigenvalue weighted by Crippen LogP contribution is 2.22. The van der Waals surface area contributed by atoms with Crippen LogP contribution in [-0.4, -0.2) is 55.3 Å². The summed E-state index contributed by atoms with van der Waals surface area (Å²) in [5, 5.41) is 3.23. The third-order valence-electron chi connectivity index (χ3n) is 3.64. The number of amides is 1. The fourth-order valence-corrected chi connectivity index (χ4v) is 2.62. The zero-order chi connectivity index (χ0) is 13.1. The lowest BCUT2D eigenvalue weighted by Gasteiger charge is -2.38. The van der Waals surface area contributed by atoms with Gasteiger partial charge < -0.3 is 15.0 Å². The van der Waals surface area contributed by atoms with Crippen LogP contribution >= 0.6 is 0 Å². The van der Waals surface area contributed by atoms with Crippen molar-refractivity contribution in [1.82, 2.24) is 10.2 Å². The number of ketones is 1. The number of hydrogen-bond donors (Lipinski definition) is 1. The summed E-state index contributed by atoms with van der Waals surface area (Å²) in [5.74, 6) is -2.68. The number of rotatable bonds is 2. The topological polar surface area (TPSA) is 75.7 Å². The number of piperidine rings is 2. The number of carbonyl (C=O) groups is 3. The molecule has 2 heterocycles. The Morgan fingerprint density at radius 3 is 2.61 bits per heavy atom. The maximum absolute atomic E-state index is 12.2. The third-order valence-corrected chi connectivity index (χ3v) is 3.64. The third kappa shape index (κ3) is 2.38. The van der Waals surface area contributed by atoms with Gasteiger partial charge in [0.15, 0.2) is 11.7 Å². The van der Waals surface area contributed by atoms with E-state index in [0.717, 1.165) is 25.9 Å². The Kier molecular flexibility index (Phi) is 3.96. The van der Waals surface area contributed by atoms with Gasteiger partial charge in [0.2, 0.25) is 5.91 Å². The zero-order valence-electron chi connectivity index (χ0n) is 10.5. The van der Waals surface area contributed by atoms with Gasteiger partial charge in [0, 0.05) is 19.0 Å². The summed E-state index contributed by atoms with van der Waals surface area (Å²) in [4.78, 5) is 37.1. The van der Waals surface area contributed by atoms with Crippen LogP contribution in [0.3, 0.4) is 0 Å². The van der Waals surface area contributed by atoms with Gasteiger partial charge in [0.25, 0.3) is 0 Å². The lowest BCUT2D eigenvalue weighted by Crippen LogP contribution is -2.55. The smallest absolute Gasteiger partial charge is 0.325 e. The van der Waals surface area contributed by atoms with E-state index in [-0.39, 0.29) is 24.2 Å². The summed E-state index contributed by atoms with van der Waals surface area (Å²) < 4.78 is 4.55. The molecule has 0 bridgehead atoms. The lowest BCUT2D eigenvalue weighted by molar-refractivity contribution is -0.161. The predicted octanol–water partition coefficient (Wildman–Crippen LogP) is -0.671. The summed E-state index contributed by atoms with van der Waals surface area (Å²) in [6.07, 6.45) is 1.98. The van der Waals surface area contributed by atoms with Crippen molar-refractivity contribution in [3.05, 3.63) is 0 Å².